The van der Waals surface area contributed by atoms with Gasteiger partial charge in [0.2, 0.25) is 0 Å². The van der Waals surface area contributed by atoms with Gasteiger partial charge >= 0.3 is 0 Å². The summed E-state index contributed by atoms with van der Waals surface area (Å²) in [6.07, 6.45) is 29.8. The van der Waals surface area contributed by atoms with E-state index in [0.717, 1.165) is 17.8 Å². The van der Waals surface area contributed by atoms with Crippen molar-refractivity contribution in [2.45, 2.75) is 136 Å². The second-order valence-corrected chi connectivity index (χ2v) is 9.92. The summed E-state index contributed by atoms with van der Waals surface area (Å²) in [7, 11) is 0. The van der Waals surface area contributed by atoms with Crippen molar-refractivity contribution in [1.82, 2.24) is 9.97 Å². The Morgan fingerprint density at radius 2 is 0.848 bits per heavy atom. The van der Waals surface area contributed by atoms with E-state index in [4.69, 9.17) is 0 Å². The second kappa shape index (κ2) is 18.7. The van der Waals surface area contributed by atoms with E-state index in [1.54, 1.807) is 0 Å². The Morgan fingerprint density at radius 3 is 1.30 bits per heavy atom. The summed E-state index contributed by atoms with van der Waals surface area (Å²) in [6, 6.07) is 8.91. The number of aryl methyl sites for hydroxylation is 2. The second-order valence-electron chi connectivity index (χ2n) is 9.92. The quantitative estimate of drug-likeness (QED) is 0.187. The minimum Gasteiger partial charge on any atom is -0.236 e. The maximum absolute atomic E-state index is 4.62. The van der Waals surface area contributed by atoms with Crippen molar-refractivity contribution in [3.63, 3.8) is 0 Å². The van der Waals surface area contributed by atoms with Crippen LogP contribution in [0.5, 0.6) is 0 Å². The van der Waals surface area contributed by atoms with Crippen LogP contribution >= 0.6 is 0 Å². The third kappa shape index (κ3) is 12.9. The number of unbranched alkanes of at least 4 members (excludes halogenated alkanes) is 15. The van der Waals surface area contributed by atoms with Crippen LogP contribution in [0.3, 0.4) is 0 Å². The van der Waals surface area contributed by atoms with E-state index in [1.807, 2.05) is 12.4 Å². The molecule has 0 saturated carbocycles. The normalized spacial score (nSPS) is 11.2. The van der Waals surface area contributed by atoms with Gasteiger partial charge in [-0.05, 0) is 36.8 Å². The number of benzene rings is 1. The Balaban J connectivity index is 1.55. The highest BCUT2D eigenvalue weighted by Crippen LogP contribution is 2.18. The monoisotopic (exact) mass is 450 g/mol. The lowest BCUT2D eigenvalue weighted by Crippen LogP contribution is -1.94. The number of aromatic nitrogens is 2. The predicted octanol–water partition coefficient (Wildman–Crippen LogP) is 9.90. The average molecular weight is 451 g/mol. The van der Waals surface area contributed by atoms with Crippen molar-refractivity contribution in [2.75, 3.05) is 0 Å². The molecule has 0 unspecified atom stereocenters. The maximum Gasteiger partial charge on any atom is 0.159 e. The van der Waals surface area contributed by atoms with Gasteiger partial charge < -0.3 is 0 Å². The van der Waals surface area contributed by atoms with E-state index < -0.39 is 0 Å². The molecule has 1 aromatic carbocycles. The van der Waals surface area contributed by atoms with Crippen LogP contribution in [-0.4, -0.2) is 9.97 Å². The average Bonchev–Trinajstić information content (AvgIpc) is 2.85. The molecule has 0 fully saturated rings. The molecule has 184 valence electrons. The highest BCUT2D eigenvalue weighted by Gasteiger charge is 2.03. The zero-order valence-corrected chi connectivity index (χ0v) is 21.8. The molecule has 33 heavy (non-hydrogen) atoms. The lowest BCUT2D eigenvalue weighted by atomic mass is 10.0. The van der Waals surface area contributed by atoms with Gasteiger partial charge in [0, 0.05) is 18.0 Å². The summed E-state index contributed by atoms with van der Waals surface area (Å²) >= 11 is 0. The summed E-state index contributed by atoms with van der Waals surface area (Å²) in [5, 5.41) is 0. The number of hydrogen-bond acceptors (Lipinski definition) is 2. The first-order valence-electron chi connectivity index (χ1n) is 14.2. The fraction of sp³-hybridized carbons (Fsp3) is 0.677. The first-order valence-corrected chi connectivity index (χ1v) is 14.2. The van der Waals surface area contributed by atoms with Gasteiger partial charge in [0.05, 0.1) is 0 Å². The molecule has 1 aromatic heterocycles. The van der Waals surface area contributed by atoms with E-state index in [1.165, 1.54) is 127 Å². The SMILES string of the molecule is CCCCCCCCCCCCCCc1ccc(-c2ncc(CCCCCCC)cn2)cc1. The van der Waals surface area contributed by atoms with E-state index >= 15 is 0 Å². The van der Waals surface area contributed by atoms with Crippen LogP contribution in [0.2, 0.25) is 0 Å². The highest BCUT2D eigenvalue weighted by atomic mass is 14.9. The van der Waals surface area contributed by atoms with Gasteiger partial charge in [-0.2, -0.15) is 0 Å². The van der Waals surface area contributed by atoms with Crippen molar-refractivity contribution in [2.24, 2.45) is 0 Å². The Kier molecular flexibility index (Phi) is 15.6. The van der Waals surface area contributed by atoms with Gasteiger partial charge in [-0.3, -0.25) is 0 Å². The lowest BCUT2D eigenvalue weighted by molar-refractivity contribution is 0.544. The maximum atomic E-state index is 4.62. The molecular weight excluding hydrogens is 400 g/mol. The van der Waals surface area contributed by atoms with Crippen LogP contribution in [-0.2, 0) is 12.8 Å². The van der Waals surface area contributed by atoms with Crippen LogP contribution in [0.1, 0.15) is 134 Å². The molecule has 0 radical (unpaired) electrons. The zero-order chi connectivity index (χ0) is 23.4. The predicted molar refractivity (Wildman–Crippen MR) is 145 cm³/mol. The molecule has 2 aromatic rings. The van der Waals surface area contributed by atoms with E-state index in [9.17, 15) is 0 Å². The van der Waals surface area contributed by atoms with Crippen LogP contribution in [0.25, 0.3) is 11.4 Å². The Labute approximate surface area is 205 Å². The Morgan fingerprint density at radius 1 is 0.455 bits per heavy atom. The number of hydrogen-bond donors (Lipinski definition) is 0. The van der Waals surface area contributed by atoms with E-state index in [-0.39, 0.29) is 0 Å². The Bertz CT molecular complexity index is 690. The van der Waals surface area contributed by atoms with Crippen LogP contribution in [0, 0.1) is 0 Å². The van der Waals surface area contributed by atoms with Gasteiger partial charge in [0.25, 0.3) is 0 Å². The first kappa shape index (κ1) is 27.5. The largest absolute Gasteiger partial charge is 0.236 e. The fourth-order valence-electron chi connectivity index (χ4n) is 4.56. The van der Waals surface area contributed by atoms with Crippen molar-refractivity contribution in [3.8, 4) is 11.4 Å². The third-order valence-corrected chi connectivity index (χ3v) is 6.81. The molecule has 0 amide bonds. The third-order valence-electron chi connectivity index (χ3n) is 6.81. The molecule has 0 aliphatic heterocycles. The summed E-state index contributed by atoms with van der Waals surface area (Å²) in [5.41, 5.74) is 3.83. The molecule has 0 N–H and O–H groups in total. The van der Waals surface area contributed by atoms with Gasteiger partial charge in [-0.1, -0.05) is 134 Å². The highest BCUT2D eigenvalue weighted by molar-refractivity contribution is 5.55. The van der Waals surface area contributed by atoms with Gasteiger partial charge in [-0.25, -0.2) is 9.97 Å². The summed E-state index contributed by atoms with van der Waals surface area (Å²) in [4.78, 5) is 9.24. The van der Waals surface area contributed by atoms with Gasteiger partial charge in [0.1, 0.15) is 0 Å². The molecule has 2 heteroatoms. The van der Waals surface area contributed by atoms with Crippen molar-refractivity contribution >= 4 is 0 Å². The molecule has 0 aliphatic carbocycles. The number of rotatable bonds is 20. The molecule has 0 spiro atoms. The zero-order valence-electron chi connectivity index (χ0n) is 21.8. The molecule has 0 aliphatic rings. The Hall–Kier alpha value is -1.70. The lowest BCUT2D eigenvalue weighted by Gasteiger charge is -2.06. The topological polar surface area (TPSA) is 25.8 Å². The smallest absolute Gasteiger partial charge is 0.159 e. The molecule has 0 atom stereocenters. The van der Waals surface area contributed by atoms with Crippen LogP contribution in [0.15, 0.2) is 36.7 Å². The number of nitrogens with zero attached hydrogens (tertiary/aromatic N) is 2. The van der Waals surface area contributed by atoms with Crippen LogP contribution < -0.4 is 0 Å². The molecule has 2 nitrogen and oxygen atoms in total. The van der Waals surface area contributed by atoms with Crippen LogP contribution in [0.4, 0.5) is 0 Å². The van der Waals surface area contributed by atoms with E-state index in [0.29, 0.717) is 0 Å². The molecule has 1 heterocycles. The molecule has 0 saturated heterocycles. The van der Waals surface area contributed by atoms with Gasteiger partial charge in [0.15, 0.2) is 5.82 Å². The van der Waals surface area contributed by atoms with Crippen molar-refractivity contribution < 1.29 is 0 Å². The first-order chi connectivity index (χ1) is 16.3. The van der Waals surface area contributed by atoms with Gasteiger partial charge in [-0.15, -0.1) is 0 Å². The fourth-order valence-corrected chi connectivity index (χ4v) is 4.56. The minimum absolute atomic E-state index is 0.849. The molecule has 0 bridgehead atoms. The van der Waals surface area contributed by atoms with E-state index in [2.05, 4.69) is 48.1 Å². The summed E-state index contributed by atoms with van der Waals surface area (Å²) in [6.45, 7) is 4.55. The molecular formula is C31H50N2. The summed E-state index contributed by atoms with van der Waals surface area (Å²) < 4.78 is 0. The minimum atomic E-state index is 0.849. The van der Waals surface area contributed by atoms with Crippen molar-refractivity contribution in [3.05, 3.63) is 47.8 Å². The summed E-state index contributed by atoms with van der Waals surface area (Å²) in [5.74, 6) is 0.849. The standard InChI is InChI=1S/C31H50N2/c1-3-5-7-9-10-11-12-13-14-15-17-18-20-28-22-24-30(25-23-28)31-32-26-29(27-33-31)21-19-16-8-6-4-2/h22-27H,3-21H2,1-2H3. The van der Waals surface area contributed by atoms with Crippen molar-refractivity contribution in [1.29, 1.82) is 0 Å². The molecule has 2 rings (SSSR count).